The molecule has 7 heteroatoms. The van der Waals surface area contributed by atoms with Gasteiger partial charge in [-0.15, -0.1) is 13.2 Å². The second-order valence-electron chi connectivity index (χ2n) is 4.79. The third-order valence-electron chi connectivity index (χ3n) is 3.27. The molecule has 1 aromatic rings. The van der Waals surface area contributed by atoms with Gasteiger partial charge < -0.3 is 10.1 Å². The molecule has 0 saturated carbocycles. The number of rotatable bonds is 3. The summed E-state index contributed by atoms with van der Waals surface area (Å²) >= 11 is 0. The summed E-state index contributed by atoms with van der Waals surface area (Å²) in [5, 5.41) is 12.6. The van der Waals surface area contributed by atoms with Crippen LogP contribution in [0.5, 0.6) is 5.75 Å². The summed E-state index contributed by atoms with van der Waals surface area (Å²) in [7, 11) is 0. The quantitative estimate of drug-likeness (QED) is 0.931. The van der Waals surface area contributed by atoms with Crippen molar-refractivity contribution in [2.24, 2.45) is 0 Å². The number of ether oxygens (including phenoxy) is 1. The zero-order chi connectivity index (χ0) is 15.3. The largest absolute Gasteiger partial charge is 0.573 e. The average Bonchev–Trinajstić information content (AvgIpc) is 2.67. The molecule has 0 aromatic heterocycles. The molecule has 1 aliphatic rings. The molecule has 0 amide bonds. The molecule has 0 bridgehead atoms. The van der Waals surface area contributed by atoms with Gasteiger partial charge in [-0.05, 0) is 30.7 Å². The van der Waals surface area contributed by atoms with Gasteiger partial charge in [0.2, 0.25) is 0 Å². The van der Waals surface area contributed by atoms with E-state index in [2.05, 4.69) is 16.1 Å². The monoisotopic (exact) mass is 299 g/mol. The minimum atomic E-state index is -4.73. The van der Waals surface area contributed by atoms with Gasteiger partial charge in [0.1, 0.15) is 11.8 Å². The molecule has 21 heavy (non-hydrogen) atoms. The van der Waals surface area contributed by atoms with E-state index in [4.69, 9.17) is 0 Å². The van der Waals surface area contributed by atoms with Crippen LogP contribution in [0.25, 0.3) is 0 Å². The molecule has 0 aliphatic carbocycles. The highest BCUT2D eigenvalue weighted by Gasteiger charge is 2.31. The van der Waals surface area contributed by atoms with E-state index >= 15 is 0 Å². The topological polar surface area (TPSA) is 48.3 Å². The second kappa shape index (κ2) is 6.78. The van der Waals surface area contributed by atoms with Gasteiger partial charge in [0.05, 0.1) is 6.07 Å². The van der Waals surface area contributed by atoms with Crippen LogP contribution in [0.15, 0.2) is 24.3 Å². The Labute approximate surface area is 121 Å². The van der Waals surface area contributed by atoms with Crippen molar-refractivity contribution in [1.29, 1.82) is 5.26 Å². The summed E-state index contributed by atoms with van der Waals surface area (Å²) in [6, 6.07) is 7.23. The van der Waals surface area contributed by atoms with Crippen LogP contribution in [0.4, 0.5) is 13.2 Å². The van der Waals surface area contributed by atoms with E-state index in [0.29, 0.717) is 12.1 Å². The molecular formula is C14H16F3N3O. The molecule has 1 aromatic carbocycles. The summed E-state index contributed by atoms with van der Waals surface area (Å²) in [6.07, 6.45) is -3.83. The number of nitrogens with one attached hydrogen (secondary N) is 1. The number of hydrogen-bond acceptors (Lipinski definition) is 4. The number of halogens is 3. The maximum atomic E-state index is 12.3. The minimum absolute atomic E-state index is 0.298. The molecule has 0 radical (unpaired) electrons. The Balaban J connectivity index is 2.18. The Morgan fingerprint density at radius 2 is 2.10 bits per heavy atom. The van der Waals surface area contributed by atoms with E-state index in [1.165, 1.54) is 18.2 Å². The van der Waals surface area contributed by atoms with Crippen molar-refractivity contribution in [3.8, 4) is 11.8 Å². The highest BCUT2D eigenvalue weighted by Crippen LogP contribution is 2.27. The molecule has 4 nitrogen and oxygen atoms in total. The lowest BCUT2D eigenvalue weighted by atomic mass is 10.1. The molecule has 1 aliphatic heterocycles. The summed E-state index contributed by atoms with van der Waals surface area (Å²) in [6.45, 7) is 3.06. The zero-order valence-corrected chi connectivity index (χ0v) is 11.4. The van der Waals surface area contributed by atoms with Crippen molar-refractivity contribution in [3.63, 3.8) is 0 Å². The van der Waals surface area contributed by atoms with Crippen molar-refractivity contribution < 1.29 is 17.9 Å². The fourth-order valence-corrected chi connectivity index (χ4v) is 2.37. The maximum absolute atomic E-state index is 12.3. The number of nitrogens with zero attached hydrogens (tertiary/aromatic N) is 2. The van der Waals surface area contributed by atoms with E-state index in [-0.39, 0.29) is 5.75 Å². The molecule has 1 heterocycles. The van der Waals surface area contributed by atoms with Crippen LogP contribution in [-0.2, 0) is 0 Å². The lowest BCUT2D eigenvalue weighted by Gasteiger charge is -2.25. The first kappa shape index (κ1) is 15.6. The highest BCUT2D eigenvalue weighted by molar-refractivity contribution is 5.33. The second-order valence-corrected chi connectivity index (χ2v) is 4.79. The Bertz CT molecular complexity index is 505. The predicted octanol–water partition coefficient (Wildman–Crippen LogP) is 2.45. The molecule has 2 rings (SSSR count). The number of alkyl halides is 3. The number of hydrogen-bond donors (Lipinski definition) is 1. The zero-order valence-electron chi connectivity index (χ0n) is 11.4. The maximum Gasteiger partial charge on any atom is 0.573 e. The Morgan fingerprint density at radius 3 is 2.81 bits per heavy atom. The third-order valence-corrected chi connectivity index (χ3v) is 3.27. The molecule has 1 N–H and O–H groups in total. The molecule has 114 valence electrons. The van der Waals surface area contributed by atoms with E-state index in [0.717, 1.165) is 26.1 Å². The van der Waals surface area contributed by atoms with Crippen LogP contribution >= 0.6 is 0 Å². The van der Waals surface area contributed by atoms with Crippen molar-refractivity contribution in [1.82, 2.24) is 10.2 Å². The Morgan fingerprint density at radius 1 is 1.29 bits per heavy atom. The van der Waals surface area contributed by atoms with Gasteiger partial charge in [-0.1, -0.05) is 12.1 Å². The third kappa shape index (κ3) is 4.62. The van der Waals surface area contributed by atoms with Crippen LogP contribution in [0.3, 0.4) is 0 Å². The first-order valence-electron chi connectivity index (χ1n) is 6.70. The van der Waals surface area contributed by atoms with Crippen LogP contribution in [0.1, 0.15) is 18.0 Å². The van der Waals surface area contributed by atoms with Crippen molar-refractivity contribution in [2.45, 2.75) is 18.8 Å². The predicted molar refractivity (Wildman–Crippen MR) is 70.5 cm³/mol. The average molecular weight is 299 g/mol. The van der Waals surface area contributed by atoms with E-state index in [1.54, 1.807) is 6.07 Å². The van der Waals surface area contributed by atoms with Crippen molar-refractivity contribution >= 4 is 0 Å². The van der Waals surface area contributed by atoms with Crippen LogP contribution < -0.4 is 10.1 Å². The molecular weight excluding hydrogens is 283 g/mol. The van der Waals surface area contributed by atoms with Gasteiger partial charge in [0.15, 0.2) is 0 Å². The molecule has 1 unspecified atom stereocenters. The Hall–Kier alpha value is -1.78. The fourth-order valence-electron chi connectivity index (χ4n) is 2.37. The first-order valence-corrected chi connectivity index (χ1v) is 6.70. The summed E-state index contributed by atoms with van der Waals surface area (Å²) in [5.74, 6) is -0.298. The van der Waals surface area contributed by atoms with Crippen LogP contribution in [0, 0.1) is 11.3 Å². The molecule has 1 fully saturated rings. The minimum Gasteiger partial charge on any atom is -0.406 e. The molecule has 0 spiro atoms. The van der Waals surface area contributed by atoms with Crippen molar-refractivity contribution in [3.05, 3.63) is 29.8 Å². The van der Waals surface area contributed by atoms with Gasteiger partial charge in [0.25, 0.3) is 0 Å². The van der Waals surface area contributed by atoms with Gasteiger partial charge in [-0.2, -0.15) is 5.26 Å². The normalized spacial score (nSPS) is 18.6. The smallest absolute Gasteiger partial charge is 0.406 e. The van der Waals surface area contributed by atoms with E-state index in [1.807, 2.05) is 4.90 Å². The number of nitriles is 1. The van der Waals surface area contributed by atoms with Crippen molar-refractivity contribution in [2.75, 3.05) is 26.2 Å². The van der Waals surface area contributed by atoms with E-state index < -0.39 is 12.4 Å². The SMILES string of the molecule is N#CC(c1cccc(OC(F)(F)F)c1)N1CCCNCC1. The Kier molecular flexibility index (Phi) is 5.04. The fraction of sp³-hybridized carbons (Fsp3) is 0.500. The molecule has 1 saturated heterocycles. The lowest BCUT2D eigenvalue weighted by Crippen LogP contribution is -2.31. The van der Waals surface area contributed by atoms with Gasteiger partial charge in [-0.3, -0.25) is 4.90 Å². The summed E-state index contributed by atoms with van der Waals surface area (Å²) < 4.78 is 40.7. The van der Waals surface area contributed by atoms with Gasteiger partial charge in [0, 0.05) is 19.6 Å². The lowest BCUT2D eigenvalue weighted by molar-refractivity contribution is -0.274. The summed E-state index contributed by atoms with van der Waals surface area (Å²) in [4.78, 5) is 1.96. The van der Waals surface area contributed by atoms with E-state index in [9.17, 15) is 18.4 Å². The standard InChI is InChI=1S/C14H16F3N3O/c15-14(16,17)21-12-4-1-3-11(9-12)13(10-18)20-7-2-5-19-6-8-20/h1,3-4,9,13,19H,2,5-8H2. The first-order chi connectivity index (χ1) is 9.99. The van der Waals surface area contributed by atoms with Crippen LogP contribution in [0.2, 0.25) is 0 Å². The van der Waals surface area contributed by atoms with Crippen LogP contribution in [-0.4, -0.2) is 37.4 Å². The molecule has 1 atom stereocenters. The summed E-state index contributed by atoms with van der Waals surface area (Å²) in [5.41, 5.74) is 0.515. The van der Waals surface area contributed by atoms with Gasteiger partial charge in [-0.25, -0.2) is 0 Å². The number of benzene rings is 1. The highest BCUT2D eigenvalue weighted by atomic mass is 19.4. The van der Waals surface area contributed by atoms with Gasteiger partial charge >= 0.3 is 6.36 Å².